The minimum Gasteiger partial charge on any atom is -0.338 e. The van der Waals surface area contributed by atoms with Gasteiger partial charge in [-0.05, 0) is 61.7 Å². The number of hydrogen-bond donors (Lipinski definition) is 1. The standard InChI is InChI=1S/C16H15ClN2/c1-9-4-5-12(17)8-13(9)16-18-14-6-10(2)11(3)7-15(14)19-16/h4-8H,1-3H3,(H,18,19). The quantitative estimate of drug-likeness (QED) is 0.675. The molecule has 2 aromatic carbocycles. The maximum atomic E-state index is 6.07. The monoisotopic (exact) mass is 270 g/mol. The summed E-state index contributed by atoms with van der Waals surface area (Å²) in [5, 5.41) is 0.730. The summed E-state index contributed by atoms with van der Waals surface area (Å²) in [6.07, 6.45) is 0. The first kappa shape index (κ1) is 12.2. The smallest absolute Gasteiger partial charge is 0.138 e. The van der Waals surface area contributed by atoms with Crippen molar-refractivity contribution < 1.29 is 0 Å². The number of benzene rings is 2. The normalized spacial score (nSPS) is 11.2. The van der Waals surface area contributed by atoms with Crippen LogP contribution in [0.15, 0.2) is 30.3 Å². The Balaban J connectivity index is 2.23. The molecule has 0 aliphatic rings. The molecule has 1 heterocycles. The first-order valence-electron chi connectivity index (χ1n) is 6.28. The van der Waals surface area contributed by atoms with E-state index in [2.05, 4.69) is 42.9 Å². The second kappa shape index (κ2) is 4.39. The Morgan fingerprint density at radius 3 is 2.47 bits per heavy atom. The van der Waals surface area contributed by atoms with Gasteiger partial charge in [-0.3, -0.25) is 0 Å². The fourth-order valence-corrected chi connectivity index (χ4v) is 2.42. The Bertz CT molecular complexity index is 733. The molecular weight excluding hydrogens is 256 g/mol. The van der Waals surface area contributed by atoms with Crippen molar-refractivity contribution in [3.8, 4) is 11.4 Å². The molecule has 19 heavy (non-hydrogen) atoms. The summed E-state index contributed by atoms with van der Waals surface area (Å²) in [7, 11) is 0. The number of aryl methyl sites for hydroxylation is 3. The molecule has 3 rings (SSSR count). The van der Waals surface area contributed by atoms with Crippen LogP contribution in [-0.4, -0.2) is 9.97 Å². The van der Waals surface area contributed by atoms with Crippen LogP contribution in [-0.2, 0) is 0 Å². The van der Waals surface area contributed by atoms with E-state index >= 15 is 0 Å². The third-order valence-electron chi connectivity index (χ3n) is 3.55. The molecule has 0 saturated heterocycles. The number of aromatic amines is 1. The van der Waals surface area contributed by atoms with Crippen molar-refractivity contribution in [1.82, 2.24) is 9.97 Å². The first-order valence-corrected chi connectivity index (χ1v) is 6.66. The lowest BCUT2D eigenvalue weighted by Crippen LogP contribution is -1.85. The van der Waals surface area contributed by atoms with E-state index in [1.807, 2.05) is 18.2 Å². The summed E-state index contributed by atoms with van der Waals surface area (Å²) in [6, 6.07) is 10.1. The van der Waals surface area contributed by atoms with E-state index in [-0.39, 0.29) is 0 Å². The molecule has 0 spiro atoms. The Morgan fingerprint density at radius 1 is 0.947 bits per heavy atom. The maximum absolute atomic E-state index is 6.07. The molecule has 3 aromatic rings. The van der Waals surface area contributed by atoms with Crippen molar-refractivity contribution in [3.63, 3.8) is 0 Å². The number of aromatic nitrogens is 2. The van der Waals surface area contributed by atoms with Crippen LogP contribution in [0.25, 0.3) is 22.4 Å². The Hall–Kier alpha value is -1.80. The molecule has 1 N–H and O–H groups in total. The molecular formula is C16H15ClN2. The van der Waals surface area contributed by atoms with E-state index in [0.717, 1.165) is 33.0 Å². The van der Waals surface area contributed by atoms with Gasteiger partial charge in [0.15, 0.2) is 0 Å². The number of halogens is 1. The number of rotatable bonds is 1. The van der Waals surface area contributed by atoms with Gasteiger partial charge in [0, 0.05) is 10.6 Å². The van der Waals surface area contributed by atoms with E-state index in [4.69, 9.17) is 11.6 Å². The van der Waals surface area contributed by atoms with Crippen LogP contribution >= 0.6 is 11.6 Å². The molecule has 0 amide bonds. The lowest BCUT2D eigenvalue weighted by atomic mass is 10.1. The predicted molar refractivity (Wildman–Crippen MR) is 80.8 cm³/mol. The molecule has 0 atom stereocenters. The zero-order valence-corrected chi connectivity index (χ0v) is 12.0. The molecule has 0 aliphatic carbocycles. The number of hydrogen-bond acceptors (Lipinski definition) is 1. The molecule has 2 nitrogen and oxygen atoms in total. The topological polar surface area (TPSA) is 28.7 Å². The minimum absolute atomic E-state index is 0.730. The third-order valence-corrected chi connectivity index (χ3v) is 3.79. The highest BCUT2D eigenvalue weighted by molar-refractivity contribution is 6.30. The van der Waals surface area contributed by atoms with E-state index in [1.54, 1.807) is 0 Å². The molecule has 0 bridgehead atoms. The summed E-state index contributed by atoms with van der Waals surface area (Å²) in [5.41, 5.74) is 6.81. The largest absolute Gasteiger partial charge is 0.338 e. The summed E-state index contributed by atoms with van der Waals surface area (Å²) in [5.74, 6) is 0.875. The average molecular weight is 271 g/mol. The van der Waals surface area contributed by atoms with E-state index < -0.39 is 0 Å². The van der Waals surface area contributed by atoms with Crippen LogP contribution in [0.1, 0.15) is 16.7 Å². The van der Waals surface area contributed by atoms with E-state index in [1.165, 1.54) is 11.1 Å². The van der Waals surface area contributed by atoms with Crippen LogP contribution in [0, 0.1) is 20.8 Å². The van der Waals surface area contributed by atoms with Crippen LogP contribution < -0.4 is 0 Å². The number of fused-ring (bicyclic) bond motifs is 1. The van der Waals surface area contributed by atoms with Crippen molar-refractivity contribution in [2.75, 3.05) is 0 Å². The highest BCUT2D eigenvalue weighted by Gasteiger charge is 2.09. The molecule has 0 radical (unpaired) electrons. The van der Waals surface area contributed by atoms with Crippen molar-refractivity contribution in [3.05, 3.63) is 52.0 Å². The molecule has 0 saturated carbocycles. The average Bonchev–Trinajstić information content (AvgIpc) is 2.75. The second-order valence-corrected chi connectivity index (χ2v) is 5.43. The summed E-state index contributed by atoms with van der Waals surface area (Å²) in [6.45, 7) is 6.28. The van der Waals surface area contributed by atoms with E-state index in [0.29, 0.717) is 0 Å². The van der Waals surface area contributed by atoms with Crippen LogP contribution in [0.4, 0.5) is 0 Å². The Morgan fingerprint density at radius 2 is 1.68 bits per heavy atom. The van der Waals surface area contributed by atoms with Crippen LogP contribution in [0.5, 0.6) is 0 Å². The lowest BCUT2D eigenvalue weighted by Gasteiger charge is -2.02. The van der Waals surface area contributed by atoms with Crippen molar-refractivity contribution in [1.29, 1.82) is 0 Å². The van der Waals surface area contributed by atoms with Crippen molar-refractivity contribution >= 4 is 22.6 Å². The summed E-state index contributed by atoms with van der Waals surface area (Å²) < 4.78 is 0. The predicted octanol–water partition coefficient (Wildman–Crippen LogP) is 4.81. The molecule has 96 valence electrons. The number of H-pyrrole nitrogens is 1. The fourth-order valence-electron chi connectivity index (χ4n) is 2.25. The first-order chi connectivity index (χ1) is 9.04. The van der Waals surface area contributed by atoms with Gasteiger partial charge in [0.25, 0.3) is 0 Å². The van der Waals surface area contributed by atoms with Gasteiger partial charge in [-0.1, -0.05) is 17.7 Å². The van der Waals surface area contributed by atoms with Gasteiger partial charge in [-0.25, -0.2) is 4.98 Å². The molecule has 1 aromatic heterocycles. The van der Waals surface area contributed by atoms with Gasteiger partial charge in [-0.2, -0.15) is 0 Å². The Kier molecular flexibility index (Phi) is 2.83. The van der Waals surface area contributed by atoms with Crippen molar-refractivity contribution in [2.45, 2.75) is 20.8 Å². The minimum atomic E-state index is 0.730. The van der Waals surface area contributed by atoms with Gasteiger partial charge in [0.2, 0.25) is 0 Å². The van der Waals surface area contributed by atoms with E-state index in [9.17, 15) is 0 Å². The number of nitrogens with zero attached hydrogens (tertiary/aromatic N) is 1. The molecule has 3 heteroatoms. The third kappa shape index (κ3) is 2.13. The molecule has 0 unspecified atom stereocenters. The SMILES string of the molecule is Cc1cc2nc(-c3cc(Cl)ccc3C)[nH]c2cc1C. The highest BCUT2D eigenvalue weighted by Crippen LogP contribution is 2.27. The van der Waals surface area contributed by atoms with Gasteiger partial charge in [0.05, 0.1) is 11.0 Å². The number of nitrogens with one attached hydrogen (secondary N) is 1. The Labute approximate surface area is 117 Å². The van der Waals surface area contributed by atoms with Crippen molar-refractivity contribution in [2.24, 2.45) is 0 Å². The lowest BCUT2D eigenvalue weighted by molar-refractivity contribution is 1.31. The van der Waals surface area contributed by atoms with Gasteiger partial charge >= 0.3 is 0 Å². The highest BCUT2D eigenvalue weighted by atomic mass is 35.5. The number of imidazole rings is 1. The summed E-state index contributed by atoms with van der Waals surface area (Å²) >= 11 is 6.07. The zero-order chi connectivity index (χ0) is 13.6. The summed E-state index contributed by atoms with van der Waals surface area (Å²) in [4.78, 5) is 8.05. The van der Waals surface area contributed by atoms with Gasteiger partial charge in [-0.15, -0.1) is 0 Å². The van der Waals surface area contributed by atoms with Crippen LogP contribution in [0.2, 0.25) is 5.02 Å². The molecule has 0 aliphatic heterocycles. The fraction of sp³-hybridized carbons (Fsp3) is 0.188. The zero-order valence-electron chi connectivity index (χ0n) is 11.2. The van der Waals surface area contributed by atoms with Gasteiger partial charge in [0.1, 0.15) is 5.82 Å². The van der Waals surface area contributed by atoms with Crippen LogP contribution in [0.3, 0.4) is 0 Å². The van der Waals surface area contributed by atoms with Gasteiger partial charge < -0.3 is 4.98 Å². The molecule has 0 fully saturated rings. The second-order valence-electron chi connectivity index (χ2n) is 5.00. The maximum Gasteiger partial charge on any atom is 0.138 e.